The summed E-state index contributed by atoms with van der Waals surface area (Å²) < 4.78 is 5.38. The van der Waals surface area contributed by atoms with Crippen molar-refractivity contribution in [3.63, 3.8) is 0 Å². The first-order valence-electron chi connectivity index (χ1n) is 10.4. The maximum absolute atomic E-state index is 12.7. The molecule has 2 aromatic carbocycles. The third kappa shape index (κ3) is 5.87. The van der Waals surface area contributed by atoms with E-state index in [1.165, 1.54) is 24.8 Å². The summed E-state index contributed by atoms with van der Waals surface area (Å²) >= 11 is 14.4. The van der Waals surface area contributed by atoms with Crippen molar-refractivity contribution in [2.75, 3.05) is 20.2 Å². The second kappa shape index (κ2) is 11.2. The molecule has 2 N–H and O–H groups in total. The fraction of sp³-hybridized carbons (Fsp3) is 0.292. The molecule has 1 aliphatic rings. The Balaban J connectivity index is 1.69. The van der Waals surface area contributed by atoms with Crippen molar-refractivity contribution in [2.45, 2.75) is 35.1 Å². The number of nitrogens with one attached hydrogen (secondary N) is 1. The first-order valence-corrected chi connectivity index (χ1v) is 12.0. The van der Waals surface area contributed by atoms with Crippen LogP contribution in [-0.2, 0) is 14.4 Å². The highest BCUT2D eigenvalue weighted by Gasteiger charge is 2.42. The Hall–Kier alpha value is -2.68. The summed E-state index contributed by atoms with van der Waals surface area (Å²) in [6.45, 7) is 1.69. The SMILES string of the molecule is COc1ccccc1Sc1ccc(/C=C/C(=O)N2CCC(NC(C)=O)(C(=O)O)CC2)c(Cl)c1Cl. The van der Waals surface area contributed by atoms with Crippen LogP contribution in [0.4, 0.5) is 0 Å². The van der Waals surface area contributed by atoms with Crippen molar-refractivity contribution in [1.82, 2.24) is 10.2 Å². The number of piperidine rings is 1. The predicted molar refractivity (Wildman–Crippen MR) is 133 cm³/mol. The number of hydrogen-bond donors (Lipinski definition) is 2. The smallest absolute Gasteiger partial charge is 0.329 e. The topological polar surface area (TPSA) is 95.9 Å². The summed E-state index contributed by atoms with van der Waals surface area (Å²) in [5, 5.41) is 12.8. The number of aliphatic carboxylic acids is 1. The highest BCUT2D eigenvalue weighted by Crippen LogP contribution is 2.42. The molecule has 0 bridgehead atoms. The van der Waals surface area contributed by atoms with Crippen LogP contribution < -0.4 is 10.1 Å². The molecule has 2 aromatic rings. The Bertz CT molecular complexity index is 1130. The molecule has 180 valence electrons. The van der Waals surface area contributed by atoms with E-state index in [9.17, 15) is 19.5 Å². The zero-order chi connectivity index (χ0) is 24.9. The van der Waals surface area contributed by atoms with Crippen LogP contribution in [0.1, 0.15) is 25.3 Å². The molecular weight excluding hydrogens is 499 g/mol. The molecule has 0 spiro atoms. The van der Waals surface area contributed by atoms with Gasteiger partial charge in [-0.05, 0) is 42.7 Å². The van der Waals surface area contributed by atoms with Gasteiger partial charge in [0.1, 0.15) is 11.3 Å². The number of benzene rings is 2. The van der Waals surface area contributed by atoms with E-state index in [-0.39, 0.29) is 31.8 Å². The number of halogens is 2. The number of para-hydroxylation sites is 1. The molecule has 7 nitrogen and oxygen atoms in total. The molecule has 2 amide bonds. The van der Waals surface area contributed by atoms with E-state index in [2.05, 4.69) is 5.32 Å². The number of nitrogens with zero attached hydrogens (tertiary/aromatic N) is 1. The molecule has 1 saturated heterocycles. The van der Waals surface area contributed by atoms with E-state index in [0.29, 0.717) is 15.6 Å². The van der Waals surface area contributed by atoms with E-state index in [1.807, 2.05) is 30.3 Å². The molecule has 0 aliphatic carbocycles. The van der Waals surface area contributed by atoms with Gasteiger partial charge in [0.25, 0.3) is 0 Å². The fourth-order valence-electron chi connectivity index (χ4n) is 3.68. The average Bonchev–Trinajstić information content (AvgIpc) is 2.81. The summed E-state index contributed by atoms with van der Waals surface area (Å²) in [6, 6.07) is 11.2. The number of carbonyl (C=O) groups is 3. The number of carboxylic acids is 1. The lowest BCUT2D eigenvalue weighted by Crippen LogP contribution is -2.60. The number of amides is 2. The zero-order valence-corrected chi connectivity index (χ0v) is 21.0. The van der Waals surface area contributed by atoms with Crippen molar-refractivity contribution in [3.8, 4) is 5.75 Å². The summed E-state index contributed by atoms with van der Waals surface area (Å²) in [4.78, 5) is 38.9. The van der Waals surface area contributed by atoms with Gasteiger partial charge in [-0.25, -0.2) is 4.79 Å². The summed E-state index contributed by atoms with van der Waals surface area (Å²) in [5.74, 6) is -1.07. The summed E-state index contributed by atoms with van der Waals surface area (Å²) in [6.07, 6.45) is 3.23. The number of rotatable bonds is 7. The molecule has 0 radical (unpaired) electrons. The van der Waals surface area contributed by atoms with Gasteiger partial charge in [0.2, 0.25) is 11.8 Å². The van der Waals surface area contributed by atoms with Gasteiger partial charge >= 0.3 is 5.97 Å². The number of likely N-dealkylation sites (tertiary alicyclic amines) is 1. The van der Waals surface area contributed by atoms with Crippen molar-refractivity contribution < 1.29 is 24.2 Å². The Morgan fingerprint density at radius 3 is 2.38 bits per heavy atom. The van der Waals surface area contributed by atoms with Gasteiger partial charge in [-0.1, -0.05) is 53.2 Å². The second-order valence-electron chi connectivity index (χ2n) is 7.76. The summed E-state index contributed by atoms with van der Waals surface area (Å²) in [5.41, 5.74) is -0.766. The van der Waals surface area contributed by atoms with Crippen LogP contribution in [0.2, 0.25) is 10.0 Å². The fourth-order valence-corrected chi connectivity index (χ4v) is 5.22. The van der Waals surface area contributed by atoms with Gasteiger partial charge in [0, 0.05) is 31.0 Å². The molecule has 0 unspecified atom stereocenters. The highest BCUT2D eigenvalue weighted by molar-refractivity contribution is 7.99. The summed E-state index contributed by atoms with van der Waals surface area (Å²) in [7, 11) is 1.60. The number of carbonyl (C=O) groups excluding carboxylic acids is 2. The van der Waals surface area contributed by atoms with Crippen LogP contribution >= 0.6 is 35.0 Å². The third-order valence-electron chi connectivity index (χ3n) is 5.52. The van der Waals surface area contributed by atoms with Crippen molar-refractivity contribution in [2.24, 2.45) is 0 Å². The first kappa shape index (κ1) is 25.9. The van der Waals surface area contributed by atoms with Crippen LogP contribution in [0.3, 0.4) is 0 Å². The van der Waals surface area contributed by atoms with Gasteiger partial charge in [-0.3, -0.25) is 9.59 Å². The zero-order valence-electron chi connectivity index (χ0n) is 18.6. The molecule has 0 saturated carbocycles. The van der Waals surface area contributed by atoms with Crippen LogP contribution in [0.5, 0.6) is 5.75 Å². The Morgan fingerprint density at radius 2 is 1.76 bits per heavy atom. The standard InChI is InChI=1S/C24H24Cl2N2O5S/c1-15(29)27-24(23(31)32)11-13-28(14-12-24)20(30)10-8-16-7-9-19(22(26)21(16)25)34-18-6-4-3-5-17(18)33-2/h3-10H,11-14H2,1-2H3,(H,27,29)(H,31,32)/b10-8+. The van der Waals surface area contributed by atoms with Gasteiger partial charge < -0.3 is 20.1 Å². The Kier molecular flexibility index (Phi) is 8.52. The van der Waals surface area contributed by atoms with Crippen molar-refractivity contribution in [1.29, 1.82) is 0 Å². The lowest BCUT2D eigenvalue weighted by molar-refractivity contribution is -0.151. The number of methoxy groups -OCH3 is 1. The van der Waals surface area contributed by atoms with E-state index < -0.39 is 17.4 Å². The minimum Gasteiger partial charge on any atom is -0.496 e. The van der Waals surface area contributed by atoms with E-state index in [4.69, 9.17) is 27.9 Å². The quantitative estimate of drug-likeness (QED) is 0.509. The molecular formula is C24H24Cl2N2O5S. The van der Waals surface area contributed by atoms with E-state index >= 15 is 0 Å². The molecule has 0 atom stereocenters. The van der Waals surface area contributed by atoms with Gasteiger partial charge in [-0.15, -0.1) is 0 Å². The average molecular weight is 523 g/mol. The lowest BCUT2D eigenvalue weighted by atomic mass is 9.87. The molecule has 0 aromatic heterocycles. The van der Waals surface area contributed by atoms with Gasteiger partial charge in [-0.2, -0.15) is 0 Å². The molecule has 10 heteroatoms. The Morgan fingerprint density at radius 1 is 1.09 bits per heavy atom. The number of hydrogen-bond acceptors (Lipinski definition) is 5. The first-order chi connectivity index (χ1) is 16.2. The highest BCUT2D eigenvalue weighted by atomic mass is 35.5. The molecule has 1 heterocycles. The minimum absolute atomic E-state index is 0.128. The molecule has 3 rings (SSSR count). The lowest BCUT2D eigenvalue weighted by Gasteiger charge is -2.38. The third-order valence-corrected chi connectivity index (χ3v) is 7.65. The maximum atomic E-state index is 12.7. The van der Waals surface area contributed by atoms with Crippen molar-refractivity contribution in [3.05, 3.63) is 58.1 Å². The second-order valence-corrected chi connectivity index (χ2v) is 9.60. The van der Waals surface area contributed by atoms with Gasteiger partial charge in [0.05, 0.1) is 22.1 Å². The maximum Gasteiger partial charge on any atom is 0.329 e. The van der Waals surface area contributed by atoms with Gasteiger partial charge in [0.15, 0.2) is 0 Å². The predicted octanol–water partition coefficient (Wildman–Crippen LogP) is 4.75. The van der Waals surface area contributed by atoms with E-state index in [0.717, 1.165) is 15.5 Å². The van der Waals surface area contributed by atoms with Crippen molar-refractivity contribution >= 4 is 58.8 Å². The largest absolute Gasteiger partial charge is 0.496 e. The molecule has 1 aliphatic heterocycles. The Labute approximate surface area is 212 Å². The monoisotopic (exact) mass is 522 g/mol. The van der Waals surface area contributed by atoms with Crippen LogP contribution in [0.25, 0.3) is 6.08 Å². The van der Waals surface area contributed by atoms with Crippen LogP contribution in [-0.4, -0.2) is 53.5 Å². The molecule has 34 heavy (non-hydrogen) atoms. The van der Waals surface area contributed by atoms with E-state index in [1.54, 1.807) is 24.2 Å². The number of ether oxygens (including phenoxy) is 1. The number of carboxylic acid groups (broad SMARTS) is 1. The normalized spacial score (nSPS) is 15.2. The van der Waals surface area contributed by atoms with Crippen LogP contribution in [0.15, 0.2) is 52.3 Å². The molecule has 1 fully saturated rings. The minimum atomic E-state index is -1.35. The van der Waals surface area contributed by atoms with Crippen LogP contribution in [0, 0.1) is 0 Å².